The Hall–Kier alpha value is -2.37. The van der Waals surface area contributed by atoms with Gasteiger partial charge >= 0.3 is 6.09 Å². The second kappa shape index (κ2) is 9.52. The summed E-state index contributed by atoms with van der Waals surface area (Å²) in [5, 5.41) is 9.69. The molecule has 2 N–H and O–H groups in total. The molecule has 1 fully saturated rings. The predicted molar refractivity (Wildman–Crippen MR) is 75.6 cm³/mol. The Kier molecular flexibility index (Phi) is 7.56. The number of carbonyl (C=O) groups is 3. The number of carboxylic acid groups (broad SMARTS) is 1. The number of amides is 1. The van der Waals surface area contributed by atoms with Gasteiger partial charge in [0.1, 0.15) is 12.9 Å². The molecule has 0 saturated heterocycles. The summed E-state index contributed by atoms with van der Waals surface area (Å²) in [6.45, 7) is 0.0388. The van der Waals surface area contributed by atoms with Gasteiger partial charge in [-0.05, 0) is 24.3 Å². The highest BCUT2D eigenvalue weighted by atomic mass is 16.5. The zero-order valence-electron chi connectivity index (χ0n) is 11.6. The van der Waals surface area contributed by atoms with Gasteiger partial charge in [0.25, 0.3) is 6.47 Å². The van der Waals surface area contributed by atoms with Crippen molar-refractivity contribution in [3.63, 3.8) is 0 Å². The van der Waals surface area contributed by atoms with Gasteiger partial charge in [0.2, 0.25) is 0 Å². The molecule has 1 aliphatic rings. The molecule has 0 atom stereocenters. The van der Waals surface area contributed by atoms with Crippen LogP contribution in [-0.2, 0) is 20.9 Å². The molecule has 0 heterocycles. The molecule has 1 aliphatic carbocycles. The van der Waals surface area contributed by atoms with Crippen LogP contribution < -0.4 is 5.32 Å². The van der Waals surface area contributed by atoms with E-state index in [0.29, 0.717) is 12.3 Å². The van der Waals surface area contributed by atoms with Gasteiger partial charge in [0.05, 0.1) is 0 Å². The van der Waals surface area contributed by atoms with Crippen molar-refractivity contribution in [3.05, 3.63) is 35.9 Å². The Morgan fingerprint density at radius 3 is 2.48 bits per heavy atom. The van der Waals surface area contributed by atoms with Gasteiger partial charge in [-0.25, -0.2) is 4.79 Å². The van der Waals surface area contributed by atoms with Crippen LogP contribution in [0.2, 0.25) is 0 Å². The van der Waals surface area contributed by atoms with Crippen LogP contribution in [-0.4, -0.2) is 30.0 Å². The van der Waals surface area contributed by atoms with Gasteiger partial charge in [-0.3, -0.25) is 4.79 Å². The summed E-state index contributed by atoms with van der Waals surface area (Å²) in [7, 11) is 0. The average Bonchev–Trinajstić information content (AvgIpc) is 2.45. The van der Waals surface area contributed by atoms with Crippen LogP contribution in [0.1, 0.15) is 24.8 Å². The molecule has 1 saturated carbocycles. The molecule has 0 unspecified atom stereocenters. The Morgan fingerprint density at radius 1 is 1.29 bits per heavy atom. The Balaban J connectivity index is 0.000000677. The molecular weight excluding hydrogens is 274 g/mol. The van der Waals surface area contributed by atoms with Crippen LogP contribution in [0.4, 0.5) is 4.79 Å². The highest BCUT2D eigenvalue weighted by molar-refractivity contribution is 5.67. The highest BCUT2D eigenvalue weighted by Gasteiger charge is 2.30. The molecule has 0 spiro atoms. The first-order valence-electron chi connectivity index (χ1n) is 6.68. The second-order valence-corrected chi connectivity index (χ2v) is 4.75. The molecule has 1 amide bonds. The van der Waals surface area contributed by atoms with Crippen molar-refractivity contribution in [1.82, 2.24) is 5.32 Å². The number of ether oxygens (including phenoxy) is 1. The number of hydrogen-bond acceptors (Lipinski definition) is 4. The zero-order valence-corrected chi connectivity index (χ0v) is 11.6. The third kappa shape index (κ3) is 6.56. The quantitative estimate of drug-likeness (QED) is 0.810. The fourth-order valence-corrected chi connectivity index (χ4v) is 2.11. The third-order valence-electron chi connectivity index (χ3n) is 3.20. The minimum atomic E-state index is -0.381. The lowest BCUT2D eigenvalue weighted by atomic mass is 9.79. The van der Waals surface area contributed by atoms with E-state index in [2.05, 4.69) is 5.32 Å². The van der Waals surface area contributed by atoms with Crippen molar-refractivity contribution in [2.75, 3.05) is 0 Å². The first-order valence-corrected chi connectivity index (χ1v) is 6.68. The second-order valence-electron chi connectivity index (χ2n) is 4.75. The summed E-state index contributed by atoms with van der Waals surface area (Å²) >= 11 is 0. The zero-order chi connectivity index (χ0) is 15.5. The largest absolute Gasteiger partial charge is 0.483 e. The van der Waals surface area contributed by atoms with Crippen LogP contribution >= 0.6 is 0 Å². The lowest BCUT2D eigenvalue weighted by Gasteiger charge is -2.34. The number of hydrogen-bond donors (Lipinski definition) is 2. The average molecular weight is 293 g/mol. The summed E-state index contributed by atoms with van der Waals surface area (Å²) in [6, 6.07) is 9.73. The van der Waals surface area contributed by atoms with Gasteiger partial charge < -0.3 is 20.0 Å². The monoisotopic (exact) mass is 293 g/mol. The summed E-state index contributed by atoms with van der Waals surface area (Å²) in [5.41, 5.74) is 0.972. The maximum absolute atomic E-state index is 11.5. The van der Waals surface area contributed by atoms with Crippen LogP contribution in [0.25, 0.3) is 0 Å². The van der Waals surface area contributed by atoms with Crippen molar-refractivity contribution in [2.45, 2.75) is 31.9 Å². The van der Waals surface area contributed by atoms with E-state index in [4.69, 9.17) is 14.6 Å². The van der Waals surface area contributed by atoms with E-state index < -0.39 is 0 Å². The number of nitrogens with one attached hydrogen (secondary N) is 1. The van der Waals surface area contributed by atoms with Crippen molar-refractivity contribution >= 4 is 18.9 Å². The van der Waals surface area contributed by atoms with E-state index in [1.807, 2.05) is 30.3 Å². The van der Waals surface area contributed by atoms with E-state index in [9.17, 15) is 9.59 Å². The molecule has 6 nitrogen and oxygen atoms in total. The van der Waals surface area contributed by atoms with Gasteiger partial charge in [-0.15, -0.1) is 0 Å². The number of carbonyl (C=O) groups excluding carboxylic acids is 2. The Morgan fingerprint density at radius 2 is 1.90 bits per heavy atom. The summed E-state index contributed by atoms with van der Waals surface area (Å²) < 4.78 is 5.11. The third-order valence-corrected chi connectivity index (χ3v) is 3.20. The Bertz CT molecular complexity index is 443. The number of alkyl carbamates (subject to hydrolysis) is 1. The lowest BCUT2D eigenvalue weighted by Crippen LogP contribution is -2.44. The molecule has 21 heavy (non-hydrogen) atoms. The minimum Gasteiger partial charge on any atom is -0.483 e. The number of aldehydes is 1. The first-order chi connectivity index (χ1) is 10.2. The lowest BCUT2D eigenvalue weighted by molar-refractivity contribution is -0.122. The fourth-order valence-electron chi connectivity index (χ4n) is 2.11. The summed E-state index contributed by atoms with van der Waals surface area (Å²) in [6.07, 6.45) is 2.90. The maximum atomic E-state index is 11.5. The number of rotatable bonds is 5. The van der Waals surface area contributed by atoms with Gasteiger partial charge in [0, 0.05) is 12.5 Å². The van der Waals surface area contributed by atoms with Gasteiger partial charge in [-0.1, -0.05) is 30.3 Å². The van der Waals surface area contributed by atoms with Crippen molar-refractivity contribution in [2.24, 2.45) is 5.92 Å². The van der Waals surface area contributed by atoms with Crippen LogP contribution in [0, 0.1) is 5.92 Å². The molecule has 1 aromatic carbocycles. The number of benzene rings is 1. The standard InChI is InChI=1S/C14H17NO3.CH2O2/c16-7-6-12-8-13(9-12)15-14(17)18-10-11-4-2-1-3-5-11;2-1-3/h1-5,7,12-13H,6,8-10H2,(H,15,17);1H,(H,2,3)/t12-,13-;. The molecule has 114 valence electrons. The van der Waals surface area contributed by atoms with E-state index >= 15 is 0 Å². The van der Waals surface area contributed by atoms with Crippen LogP contribution in [0.5, 0.6) is 0 Å². The highest BCUT2D eigenvalue weighted by Crippen LogP contribution is 2.29. The fraction of sp³-hybridized carbons (Fsp3) is 0.400. The van der Waals surface area contributed by atoms with E-state index in [1.165, 1.54) is 0 Å². The molecule has 0 bridgehead atoms. The minimum absolute atomic E-state index is 0.165. The predicted octanol–water partition coefficient (Wildman–Crippen LogP) is 1.98. The molecular formula is C15H19NO5. The normalized spacial score (nSPS) is 19.2. The molecule has 0 radical (unpaired) electrons. The maximum Gasteiger partial charge on any atom is 0.407 e. The SMILES string of the molecule is O=CC[C@H]1C[C@H](NC(=O)OCc2ccccc2)C1.O=CO. The van der Waals surface area contributed by atoms with Gasteiger partial charge in [0.15, 0.2) is 0 Å². The molecule has 1 aromatic rings. The first kappa shape index (κ1) is 16.7. The van der Waals surface area contributed by atoms with Crippen molar-refractivity contribution < 1.29 is 24.2 Å². The van der Waals surface area contributed by atoms with Gasteiger partial charge in [-0.2, -0.15) is 0 Å². The molecule has 2 rings (SSSR count). The van der Waals surface area contributed by atoms with Crippen molar-refractivity contribution in [1.29, 1.82) is 0 Å². The molecule has 0 aromatic heterocycles. The van der Waals surface area contributed by atoms with Crippen LogP contribution in [0.15, 0.2) is 30.3 Å². The Labute approximate surface area is 123 Å². The van der Waals surface area contributed by atoms with E-state index in [0.717, 1.165) is 24.7 Å². The smallest absolute Gasteiger partial charge is 0.407 e. The summed E-state index contributed by atoms with van der Waals surface area (Å²) in [4.78, 5) is 30.1. The molecule has 6 heteroatoms. The summed E-state index contributed by atoms with van der Waals surface area (Å²) in [5.74, 6) is 0.432. The van der Waals surface area contributed by atoms with E-state index in [-0.39, 0.29) is 25.2 Å². The topological polar surface area (TPSA) is 92.7 Å². The molecule has 0 aliphatic heterocycles. The van der Waals surface area contributed by atoms with E-state index in [1.54, 1.807) is 0 Å². The van der Waals surface area contributed by atoms with Crippen LogP contribution in [0.3, 0.4) is 0 Å². The van der Waals surface area contributed by atoms with Crippen molar-refractivity contribution in [3.8, 4) is 0 Å².